The molecule has 76 valence electrons. The van der Waals surface area contributed by atoms with Crippen molar-refractivity contribution >= 4 is 5.91 Å². The molecule has 1 aliphatic heterocycles. The van der Waals surface area contributed by atoms with Gasteiger partial charge in [-0.05, 0) is 6.92 Å². The quantitative estimate of drug-likeness (QED) is 0.607. The predicted octanol–water partition coefficient (Wildman–Crippen LogP) is 0.369. The summed E-state index contributed by atoms with van der Waals surface area (Å²) in [6.45, 7) is 2.42. The van der Waals surface area contributed by atoms with Crippen LogP contribution in [-0.2, 0) is 4.79 Å². The summed E-state index contributed by atoms with van der Waals surface area (Å²) in [5.41, 5.74) is 0. The molecule has 1 aliphatic rings. The van der Waals surface area contributed by atoms with Gasteiger partial charge in [-0.25, -0.2) is 0 Å². The van der Waals surface area contributed by atoms with Crippen molar-refractivity contribution in [1.82, 2.24) is 10.2 Å². The number of hydrogen-bond acceptors (Lipinski definition) is 2. The lowest BCUT2D eigenvalue weighted by atomic mass is 10.2. The van der Waals surface area contributed by atoms with Crippen molar-refractivity contribution in [3.8, 4) is 0 Å². The fourth-order valence-electron chi connectivity index (χ4n) is 1.30. The lowest BCUT2D eigenvalue weighted by Crippen LogP contribution is -2.54. The molecule has 1 heterocycles. The van der Waals surface area contributed by atoms with Crippen molar-refractivity contribution in [1.29, 1.82) is 0 Å². The van der Waals surface area contributed by atoms with Crippen LogP contribution in [0.25, 0.3) is 0 Å². The number of carbonyl (C=O) groups excluding carboxylic acids is 1. The molecule has 6 heteroatoms. The van der Waals surface area contributed by atoms with Crippen molar-refractivity contribution in [3.63, 3.8) is 0 Å². The van der Waals surface area contributed by atoms with Gasteiger partial charge in [-0.1, -0.05) is 0 Å². The number of carbonyl (C=O) groups is 1. The number of nitrogens with one attached hydrogen (secondary N) is 1. The fraction of sp³-hybridized carbons (Fsp3) is 0.857. The van der Waals surface area contributed by atoms with Crippen LogP contribution in [0.2, 0.25) is 0 Å². The molecular formula is C7H11F3N2O. The van der Waals surface area contributed by atoms with Crippen molar-refractivity contribution in [2.24, 2.45) is 0 Å². The highest BCUT2D eigenvalue weighted by atomic mass is 19.4. The third-order valence-corrected chi connectivity index (χ3v) is 1.90. The van der Waals surface area contributed by atoms with Gasteiger partial charge in [0.1, 0.15) is 0 Å². The first-order chi connectivity index (χ1) is 5.91. The molecule has 0 saturated carbocycles. The van der Waals surface area contributed by atoms with E-state index in [2.05, 4.69) is 5.32 Å². The van der Waals surface area contributed by atoms with Gasteiger partial charge in [0.25, 0.3) is 0 Å². The second-order valence-electron chi connectivity index (χ2n) is 3.10. The Morgan fingerprint density at radius 1 is 1.54 bits per heavy atom. The van der Waals surface area contributed by atoms with Crippen molar-refractivity contribution in [2.75, 3.05) is 19.6 Å². The molecule has 3 nitrogen and oxygen atoms in total. The summed E-state index contributed by atoms with van der Waals surface area (Å²) in [6.07, 6.45) is -4.74. The third-order valence-electron chi connectivity index (χ3n) is 1.90. The van der Waals surface area contributed by atoms with Gasteiger partial charge >= 0.3 is 12.1 Å². The Hall–Kier alpha value is -0.780. The lowest BCUT2D eigenvalue weighted by molar-refractivity contribution is -0.186. The van der Waals surface area contributed by atoms with E-state index in [1.165, 1.54) is 0 Å². The molecule has 1 rings (SSSR count). The summed E-state index contributed by atoms with van der Waals surface area (Å²) >= 11 is 0. The van der Waals surface area contributed by atoms with Crippen LogP contribution in [0.4, 0.5) is 13.2 Å². The van der Waals surface area contributed by atoms with Crippen LogP contribution >= 0.6 is 0 Å². The molecule has 0 unspecified atom stereocenters. The van der Waals surface area contributed by atoms with E-state index in [-0.39, 0.29) is 19.1 Å². The minimum Gasteiger partial charge on any atom is -0.332 e. The number of halogens is 3. The molecule has 1 saturated heterocycles. The Morgan fingerprint density at radius 2 is 2.15 bits per heavy atom. The number of rotatable bonds is 0. The first kappa shape index (κ1) is 10.3. The lowest BCUT2D eigenvalue weighted by Gasteiger charge is -2.32. The molecule has 1 amide bonds. The van der Waals surface area contributed by atoms with E-state index >= 15 is 0 Å². The third kappa shape index (κ3) is 2.58. The maximum Gasteiger partial charge on any atom is 0.471 e. The van der Waals surface area contributed by atoms with Crippen LogP contribution in [-0.4, -0.2) is 42.7 Å². The van der Waals surface area contributed by atoms with Crippen LogP contribution < -0.4 is 5.32 Å². The molecule has 0 aromatic heterocycles. The standard InChI is InChI=1S/C7H11F3N2O/c1-5-4-12(3-2-11-5)6(13)7(8,9)10/h5,11H,2-4H2,1H3/t5-/m1/s1. The molecule has 0 aromatic rings. The van der Waals surface area contributed by atoms with Gasteiger partial charge in [-0.2, -0.15) is 13.2 Å². The summed E-state index contributed by atoms with van der Waals surface area (Å²) in [7, 11) is 0. The zero-order valence-electron chi connectivity index (χ0n) is 7.19. The number of hydrogen-bond donors (Lipinski definition) is 1. The van der Waals surface area contributed by atoms with Crippen LogP contribution in [0.5, 0.6) is 0 Å². The Morgan fingerprint density at radius 3 is 2.62 bits per heavy atom. The van der Waals surface area contributed by atoms with Gasteiger partial charge in [-0.3, -0.25) is 4.79 Å². The van der Waals surface area contributed by atoms with E-state index < -0.39 is 12.1 Å². The number of amides is 1. The number of alkyl halides is 3. The van der Waals surface area contributed by atoms with E-state index in [9.17, 15) is 18.0 Å². The highest BCUT2D eigenvalue weighted by Crippen LogP contribution is 2.19. The second-order valence-corrected chi connectivity index (χ2v) is 3.10. The summed E-state index contributed by atoms with van der Waals surface area (Å²) in [6, 6.07) is -0.0694. The Labute approximate surface area is 73.9 Å². The largest absolute Gasteiger partial charge is 0.471 e. The van der Waals surface area contributed by atoms with Gasteiger partial charge in [0.05, 0.1) is 0 Å². The maximum absolute atomic E-state index is 11.9. The maximum atomic E-state index is 11.9. The zero-order chi connectivity index (χ0) is 10.1. The predicted molar refractivity (Wildman–Crippen MR) is 40.1 cm³/mol. The first-order valence-electron chi connectivity index (χ1n) is 4.00. The van der Waals surface area contributed by atoms with E-state index in [0.29, 0.717) is 6.54 Å². The van der Waals surface area contributed by atoms with Crippen molar-refractivity contribution in [3.05, 3.63) is 0 Å². The number of piperazine rings is 1. The van der Waals surface area contributed by atoms with Crippen LogP contribution in [0.15, 0.2) is 0 Å². The van der Waals surface area contributed by atoms with Gasteiger partial charge in [-0.15, -0.1) is 0 Å². The first-order valence-corrected chi connectivity index (χ1v) is 4.00. The molecular weight excluding hydrogens is 185 g/mol. The molecule has 1 N–H and O–H groups in total. The zero-order valence-corrected chi connectivity index (χ0v) is 7.19. The average Bonchev–Trinajstić information content (AvgIpc) is 2.01. The Balaban J connectivity index is 2.56. The van der Waals surface area contributed by atoms with Crippen LogP contribution in [0.3, 0.4) is 0 Å². The minimum atomic E-state index is -4.74. The fourth-order valence-corrected chi connectivity index (χ4v) is 1.30. The summed E-state index contributed by atoms with van der Waals surface area (Å²) in [4.78, 5) is 11.6. The second kappa shape index (κ2) is 3.53. The Bertz CT molecular complexity index is 204. The molecule has 0 radical (unpaired) electrons. The normalized spacial score (nSPS) is 24.6. The van der Waals surface area contributed by atoms with Gasteiger partial charge in [0, 0.05) is 25.7 Å². The monoisotopic (exact) mass is 196 g/mol. The molecule has 13 heavy (non-hydrogen) atoms. The average molecular weight is 196 g/mol. The Kier molecular flexibility index (Phi) is 2.80. The van der Waals surface area contributed by atoms with E-state index in [1.807, 2.05) is 0 Å². The number of nitrogens with zero attached hydrogens (tertiary/aromatic N) is 1. The van der Waals surface area contributed by atoms with Crippen LogP contribution in [0, 0.1) is 0 Å². The SMILES string of the molecule is C[C@@H]1CN(C(=O)C(F)(F)F)CCN1. The van der Waals surface area contributed by atoms with Gasteiger partial charge < -0.3 is 10.2 Å². The van der Waals surface area contributed by atoms with E-state index in [0.717, 1.165) is 4.90 Å². The molecule has 0 bridgehead atoms. The van der Waals surface area contributed by atoms with Gasteiger partial charge in [0.2, 0.25) is 0 Å². The molecule has 1 fully saturated rings. The summed E-state index contributed by atoms with van der Waals surface area (Å²) < 4.78 is 35.8. The van der Waals surface area contributed by atoms with E-state index in [4.69, 9.17) is 0 Å². The van der Waals surface area contributed by atoms with Crippen molar-refractivity contribution < 1.29 is 18.0 Å². The molecule has 0 spiro atoms. The highest BCUT2D eigenvalue weighted by Gasteiger charge is 2.43. The van der Waals surface area contributed by atoms with Gasteiger partial charge in [0.15, 0.2) is 0 Å². The van der Waals surface area contributed by atoms with E-state index in [1.54, 1.807) is 6.92 Å². The smallest absolute Gasteiger partial charge is 0.332 e. The summed E-state index contributed by atoms with van der Waals surface area (Å²) in [5, 5.41) is 2.96. The highest BCUT2D eigenvalue weighted by molar-refractivity contribution is 5.82. The van der Waals surface area contributed by atoms with Crippen molar-refractivity contribution in [2.45, 2.75) is 19.1 Å². The molecule has 1 atom stereocenters. The topological polar surface area (TPSA) is 32.3 Å². The van der Waals surface area contributed by atoms with Crippen LogP contribution in [0.1, 0.15) is 6.92 Å². The minimum absolute atomic E-state index is 0.0694. The molecule has 0 aromatic carbocycles. The molecule has 0 aliphatic carbocycles. The summed E-state index contributed by atoms with van der Waals surface area (Å²) in [5.74, 6) is -1.74.